The van der Waals surface area contributed by atoms with Crippen LogP contribution in [0.1, 0.15) is 46.5 Å². The Morgan fingerprint density at radius 2 is 1.86 bits per heavy atom. The van der Waals surface area contributed by atoms with Crippen LogP contribution in [0.5, 0.6) is 0 Å². The molecule has 84 valence electrons. The second-order valence-corrected chi connectivity index (χ2v) is 11.6. The molecule has 0 spiro atoms. The van der Waals surface area contributed by atoms with E-state index in [-0.39, 0.29) is 0 Å². The Morgan fingerprint density at radius 1 is 1.29 bits per heavy atom. The van der Waals surface area contributed by atoms with E-state index < -0.39 is 7.26 Å². The molecule has 0 N–H and O–H groups in total. The summed E-state index contributed by atoms with van der Waals surface area (Å²) in [5.74, 6) is 1.93. The molecule has 0 aromatic rings. The van der Waals surface area contributed by atoms with Crippen molar-refractivity contribution in [2.75, 3.05) is 20.0 Å². The third-order valence-electron chi connectivity index (χ3n) is 4.50. The Balaban J connectivity index is 2.49. The number of rotatable bonds is 4. The first-order valence-corrected chi connectivity index (χ1v) is 9.22. The summed E-state index contributed by atoms with van der Waals surface area (Å²) in [5, 5.41) is 0.724. The molecule has 0 radical (unpaired) electrons. The molecule has 1 aliphatic carbocycles. The molecule has 1 heteroatoms. The van der Waals surface area contributed by atoms with Crippen LogP contribution in [0.3, 0.4) is 0 Å². The Hall–Kier alpha value is 0.430. The minimum atomic E-state index is -0.648. The first-order chi connectivity index (χ1) is 6.27. The summed E-state index contributed by atoms with van der Waals surface area (Å²) >= 11 is 0. The topological polar surface area (TPSA) is 0 Å². The fraction of sp³-hybridized carbons (Fsp3) is 1.00. The molecule has 2 unspecified atom stereocenters. The lowest BCUT2D eigenvalue weighted by atomic mass is 9.71. The average Bonchev–Trinajstić information content (AvgIpc) is 1.98. The molecule has 0 heterocycles. The molecule has 0 aromatic carbocycles. The SMILES string of the molecule is CC(C)CCC1CCC1(C)[P+](C)(C)C. The van der Waals surface area contributed by atoms with Crippen molar-refractivity contribution in [3.05, 3.63) is 0 Å². The lowest BCUT2D eigenvalue weighted by Crippen LogP contribution is -2.45. The summed E-state index contributed by atoms with van der Waals surface area (Å²) in [6, 6.07) is 0. The average molecular weight is 215 g/mol. The van der Waals surface area contributed by atoms with Gasteiger partial charge in [0.05, 0.1) is 5.16 Å². The van der Waals surface area contributed by atoms with Crippen LogP contribution >= 0.6 is 7.26 Å². The molecule has 0 aromatic heterocycles. The zero-order valence-corrected chi connectivity index (χ0v) is 11.8. The molecular weight excluding hydrogens is 187 g/mol. The van der Waals surface area contributed by atoms with Crippen molar-refractivity contribution in [3.8, 4) is 0 Å². The van der Waals surface area contributed by atoms with Crippen LogP contribution in [0, 0.1) is 11.8 Å². The van der Waals surface area contributed by atoms with Gasteiger partial charge in [-0.25, -0.2) is 0 Å². The van der Waals surface area contributed by atoms with Crippen LogP contribution in [-0.2, 0) is 0 Å². The van der Waals surface area contributed by atoms with Crippen LogP contribution in [0.2, 0.25) is 0 Å². The molecule has 1 fully saturated rings. The summed E-state index contributed by atoms with van der Waals surface area (Å²) < 4.78 is 0. The highest BCUT2D eigenvalue weighted by Crippen LogP contribution is 2.70. The normalized spacial score (nSPS) is 33.2. The minimum absolute atomic E-state index is 0.648. The van der Waals surface area contributed by atoms with Crippen molar-refractivity contribution < 1.29 is 0 Å². The van der Waals surface area contributed by atoms with E-state index in [1.54, 1.807) is 0 Å². The van der Waals surface area contributed by atoms with Crippen molar-refractivity contribution in [1.29, 1.82) is 0 Å². The first kappa shape index (κ1) is 12.5. The van der Waals surface area contributed by atoms with Gasteiger partial charge in [-0.05, 0) is 38.0 Å². The maximum atomic E-state index is 2.55. The van der Waals surface area contributed by atoms with Gasteiger partial charge >= 0.3 is 0 Å². The van der Waals surface area contributed by atoms with Gasteiger partial charge in [0.15, 0.2) is 0 Å². The Labute approximate surface area is 91.2 Å². The van der Waals surface area contributed by atoms with Crippen molar-refractivity contribution in [2.45, 2.75) is 51.6 Å². The molecule has 14 heavy (non-hydrogen) atoms. The van der Waals surface area contributed by atoms with Crippen molar-refractivity contribution in [2.24, 2.45) is 11.8 Å². The van der Waals surface area contributed by atoms with Gasteiger partial charge < -0.3 is 0 Å². The van der Waals surface area contributed by atoms with Gasteiger partial charge in [0.25, 0.3) is 0 Å². The lowest BCUT2D eigenvalue weighted by molar-refractivity contribution is 0.201. The maximum absolute atomic E-state index is 2.55. The van der Waals surface area contributed by atoms with Gasteiger partial charge in [-0.2, -0.15) is 0 Å². The Kier molecular flexibility index (Phi) is 3.68. The van der Waals surface area contributed by atoms with E-state index in [1.165, 1.54) is 25.7 Å². The molecule has 2 atom stereocenters. The van der Waals surface area contributed by atoms with Gasteiger partial charge in [-0.15, -0.1) is 0 Å². The predicted molar refractivity (Wildman–Crippen MR) is 69.9 cm³/mol. The molecule has 0 aliphatic heterocycles. The fourth-order valence-electron chi connectivity index (χ4n) is 2.64. The standard InChI is InChI=1S/C13H28P/c1-11(2)7-8-12-9-10-13(12,3)14(4,5)6/h11-12H,7-10H2,1-6H3/q+1. The van der Waals surface area contributed by atoms with E-state index >= 15 is 0 Å². The number of hydrogen-bond acceptors (Lipinski definition) is 0. The van der Waals surface area contributed by atoms with Crippen LogP contribution in [0.25, 0.3) is 0 Å². The van der Waals surface area contributed by atoms with E-state index in [4.69, 9.17) is 0 Å². The van der Waals surface area contributed by atoms with Crippen LogP contribution in [0.4, 0.5) is 0 Å². The third-order valence-corrected chi connectivity index (χ3v) is 8.16. The van der Waals surface area contributed by atoms with Gasteiger partial charge in [-0.1, -0.05) is 20.3 Å². The summed E-state index contributed by atoms with van der Waals surface area (Å²) in [5.41, 5.74) is 0. The molecule has 0 bridgehead atoms. The molecule has 1 aliphatic rings. The van der Waals surface area contributed by atoms with E-state index in [0.29, 0.717) is 0 Å². The predicted octanol–water partition coefficient (Wildman–Crippen LogP) is 4.50. The van der Waals surface area contributed by atoms with E-state index in [9.17, 15) is 0 Å². The molecule has 0 saturated heterocycles. The fourth-order valence-corrected chi connectivity index (χ4v) is 4.79. The molecule has 0 amide bonds. The molecule has 1 saturated carbocycles. The second-order valence-electron chi connectivity index (χ2n) is 6.58. The van der Waals surface area contributed by atoms with Crippen LogP contribution in [-0.4, -0.2) is 25.2 Å². The smallest absolute Gasteiger partial charge is 0.0628 e. The summed E-state index contributed by atoms with van der Waals surface area (Å²) in [7, 11) is -0.648. The lowest BCUT2D eigenvalue weighted by Gasteiger charge is -2.50. The minimum Gasteiger partial charge on any atom is -0.0628 e. The Morgan fingerprint density at radius 3 is 2.14 bits per heavy atom. The van der Waals surface area contributed by atoms with Crippen molar-refractivity contribution >= 4 is 7.26 Å². The summed E-state index contributed by atoms with van der Waals surface area (Å²) in [6.45, 7) is 14.8. The highest BCUT2D eigenvalue weighted by Gasteiger charge is 2.55. The molecule has 1 rings (SSSR count). The molecular formula is C13H28P+. The van der Waals surface area contributed by atoms with Gasteiger partial charge in [0.2, 0.25) is 0 Å². The van der Waals surface area contributed by atoms with E-state index in [2.05, 4.69) is 40.8 Å². The second kappa shape index (κ2) is 4.12. The zero-order valence-electron chi connectivity index (χ0n) is 10.9. The monoisotopic (exact) mass is 215 g/mol. The van der Waals surface area contributed by atoms with E-state index in [1.807, 2.05) is 0 Å². The van der Waals surface area contributed by atoms with Crippen LogP contribution < -0.4 is 0 Å². The van der Waals surface area contributed by atoms with Gasteiger partial charge in [-0.3, -0.25) is 0 Å². The van der Waals surface area contributed by atoms with Gasteiger partial charge in [0, 0.05) is 27.3 Å². The number of hydrogen-bond donors (Lipinski definition) is 0. The largest absolute Gasteiger partial charge is 0.0791 e. The van der Waals surface area contributed by atoms with Gasteiger partial charge in [0.1, 0.15) is 0 Å². The summed E-state index contributed by atoms with van der Waals surface area (Å²) in [6.07, 6.45) is 5.90. The van der Waals surface area contributed by atoms with Crippen molar-refractivity contribution in [3.63, 3.8) is 0 Å². The highest BCUT2D eigenvalue weighted by atomic mass is 31.2. The van der Waals surface area contributed by atoms with Crippen LogP contribution in [0.15, 0.2) is 0 Å². The van der Waals surface area contributed by atoms with E-state index in [0.717, 1.165) is 17.0 Å². The maximum Gasteiger partial charge on any atom is 0.0791 e. The first-order valence-electron chi connectivity index (χ1n) is 6.09. The quantitative estimate of drug-likeness (QED) is 0.606. The highest BCUT2D eigenvalue weighted by molar-refractivity contribution is 7.75. The Bertz CT molecular complexity index is 190. The zero-order chi connectivity index (χ0) is 11.0. The third kappa shape index (κ3) is 2.32. The van der Waals surface area contributed by atoms with Crippen molar-refractivity contribution in [1.82, 2.24) is 0 Å². The molecule has 0 nitrogen and oxygen atoms in total. The summed E-state index contributed by atoms with van der Waals surface area (Å²) in [4.78, 5) is 0.